The lowest BCUT2D eigenvalue weighted by molar-refractivity contribution is -0.156. The van der Waals surface area contributed by atoms with Gasteiger partial charge in [0.25, 0.3) is 0 Å². The summed E-state index contributed by atoms with van der Waals surface area (Å²) >= 11 is 0. The van der Waals surface area contributed by atoms with Crippen molar-refractivity contribution < 1.29 is 24.2 Å². The smallest absolute Gasteiger partial charge is 0.382 e. The number of nitrogens with zero attached hydrogens (tertiary/aromatic N) is 1. The fourth-order valence-corrected chi connectivity index (χ4v) is 1.18. The minimum atomic E-state index is -1.71. The van der Waals surface area contributed by atoms with Gasteiger partial charge in [0.1, 0.15) is 0 Å². The van der Waals surface area contributed by atoms with Crippen LogP contribution in [0.2, 0.25) is 0 Å². The van der Waals surface area contributed by atoms with Crippen molar-refractivity contribution in [2.75, 3.05) is 26.3 Å². The molecular formula is C8H12ClNO5. The summed E-state index contributed by atoms with van der Waals surface area (Å²) < 4.78 is 5.06. The Bertz CT molecular complexity index is 260. The number of ketones is 1. The highest BCUT2D eigenvalue weighted by Gasteiger charge is 2.27. The standard InChI is InChI=1S/C8H11NO5.ClH/c10-6(8(12)13)7(11)9-2-1-4-14-5-3-9;/h1-5H2,(H,12,13);1H. The van der Waals surface area contributed by atoms with Crippen LogP contribution in [0.25, 0.3) is 0 Å². The van der Waals surface area contributed by atoms with Gasteiger partial charge in [0.15, 0.2) is 0 Å². The number of carboxylic acid groups (broad SMARTS) is 1. The summed E-state index contributed by atoms with van der Waals surface area (Å²) in [6.07, 6.45) is 0.624. The van der Waals surface area contributed by atoms with Gasteiger partial charge in [-0.2, -0.15) is 0 Å². The molecule has 0 radical (unpaired) electrons. The largest absolute Gasteiger partial charge is 0.475 e. The Balaban J connectivity index is 0.00000196. The quantitative estimate of drug-likeness (QED) is 0.508. The number of rotatable bonds is 2. The fourth-order valence-electron chi connectivity index (χ4n) is 1.18. The Morgan fingerprint density at radius 2 is 1.80 bits per heavy atom. The number of Topliss-reactive ketones (excluding diaryl/α,β-unsaturated/α-hetero) is 1. The van der Waals surface area contributed by atoms with Crippen LogP contribution in [0.3, 0.4) is 0 Å². The molecule has 1 rings (SSSR count). The van der Waals surface area contributed by atoms with Crippen molar-refractivity contribution in [1.82, 2.24) is 4.90 Å². The van der Waals surface area contributed by atoms with Gasteiger partial charge in [-0.1, -0.05) is 0 Å². The maximum Gasteiger partial charge on any atom is 0.382 e. The van der Waals surface area contributed by atoms with E-state index in [0.29, 0.717) is 26.2 Å². The van der Waals surface area contributed by atoms with E-state index in [1.807, 2.05) is 0 Å². The summed E-state index contributed by atoms with van der Waals surface area (Å²) in [7, 11) is 0. The van der Waals surface area contributed by atoms with Gasteiger partial charge < -0.3 is 14.7 Å². The molecule has 0 aromatic rings. The van der Waals surface area contributed by atoms with Crippen molar-refractivity contribution in [2.45, 2.75) is 6.42 Å². The summed E-state index contributed by atoms with van der Waals surface area (Å²) in [4.78, 5) is 33.5. The van der Waals surface area contributed by atoms with Gasteiger partial charge in [-0.05, 0) is 6.42 Å². The average molecular weight is 238 g/mol. The predicted molar refractivity (Wildman–Crippen MR) is 51.9 cm³/mol. The molecular weight excluding hydrogens is 226 g/mol. The van der Waals surface area contributed by atoms with Gasteiger partial charge in [0, 0.05) is 19.7 Å². The third-order valence-electron chi connectivity index (χ3n) is 1.90. The number of aliphatic carboxylic acids is 1. The van der Waals surface area contributed by atoms with Crippen molar-refractivity contribution >= 4 is 30.1 Å². The molecule has 7 heteroatoms. The van der Waals surface area contributed by atoms with Crippen LogP contribution in [0, 0.1) is 0 Å². The third-order valence-corrected chi connectivity index (χ3v) is 1.90. The number of ether oxygens (including phenoxy) is 1. The number of carbonyl (C=O) groups is 3. The number of hydrogen-bond donors (Lipinski definition) is 1. The minimum Gasteiger partial charge on any atom is -0.475 e. The molecule has 1 fully saturated rings. The lowest BCUT2D eigenvalue weighted by Gasteiger charge is -2.16. The maximum absolute atomic E-state index is 11.2. The first-order chi connectivity index (χ1) is 6.63. The van der Waals surface area contributed by atoms with Crippen LogP contribution in [0.5, 0.6) is 0 Å². The monoisotopic (exact) mass is 237 g/mol. The molecule has 0 aromatic carbocycles. The normalized spacial score (nSPS) is 16.1. The lowest BCUT2D eigenvalue weighted by atomic mass is 10.3. The molecule has 0 aliphatic carbocycles. The molecule has 0 saturated carbocycles. The van der Waals surface area contributed by atoms with Gasteiger partial charge >= 0.3 is 17.7 Å². The molecule has 6 nitrogen and oxygen atoms in total. The van der Waals surface area contributed by atoms with E-state index in [9.17, 15) is 14.4 Å². The van der Waals surface area contributed by atoms with Crippen molar-refractivity contribution in [3.8, 4) is 0 Å². The van der Waals surface area contributed by atoms with E-state index in [1.54, 1.807) is 0 Å². The zero-order valence-corrected chi connectivity index (χ0v) is 8.79. The molecule has 1 aliphatic heterocycles. The Labute approximate surface area is 92.6 Å². The average Bonchev–Trinajstić information content (AvgIpc) is 2.43. The molecule has 1 heterocycles. The van der Waals surface area contributed by atoms with E-state index < -0.39 is 17.7 Å². The number of carbonyl (C=O) groups excluding carboxylic acids is 2. The highest BCUT2D eigenvalue weighted by molar-refractivity contribution is 6.61. The van der Waals surface area contributed by atoms with E-state index >= 15 is 0 Å². The fraction of sp³-hybridized carbons (Fsp3) is 0.625. The summed E-state index contributed by atoms with van der Waals surface area (Å²) in [5, 5.41) is 8.33. The first-order valence-corrected chi connectivity index (χ1v) is 4.27. The second kappa shape index (κ2) is 6.36. The van der Waals surface area contributed by atoms with E-state index in [1.165, 1.54) is 4.90 Å². The Kier molecular flexibility index (Phi) is 5.88. The second-order valence-electron chi connectivity index (χ2n) is 2.89. The predicted octanol–water partition coefficient (Wildman–Crippen LogP) is -0.689. The molecule has 15 heavy (non-hydrogen) atoms. The van der Waals surface area contributed by atoms with Crippen LogP contribution < -0.4 is 0 Å². The molecule has 1 N–H and O–H groups in total. The van der Waals surface area contributed by atoms with Crippen molar-refractivity contribution in [2.24, 2.45) is 0 Å². The molecule has 0 unspecified atom stereocenters. The van der Waals surface area contributed by atoms with Crippen LogP contribution in [-0.2, 0) is 19.1 Å². The highest BCUT2D eigenvalue weighted by atomic mass is 35.5. The zero-order valence-electron chi connectivity index (χ0n) is 7.97. The summed E-state index contributed by atoms with van der Waals surface area (Å²) in [5.74, 6) is -4.05. The highest BCUT2D eigenvalue weighted by Crippen LogP contribution is 2.00. The van der Waals surface area contributed by atoms with Gasteiger partial charge in [0.2, 0.25) is 0 Å². The number of carboxylic acids is 1. The van der Waals surface area contributed by atoms with Crippen molar-refractivity contribution in [3.63, 3.8) is 0 Å². The van der Waals surface area contributed by atoms with Gasteiger partial charge in [-0.3, -0.25) is 9.59 Å². The summed E-state index contributed by atoms with van der Waals surface area (Å²) in [5.41, 5.74) is 0. The van der Waals surface area contributed by atoms with Crippen LogP contribution in [0.15, 0.2) is 0 Å². The minimum absolute atomic E-state index is 0. The molecule has 0 spiro atoms. The first-order valence-electron chi connectivity index (χ1n) is 4.27. The molecule has 0 aromatic heterocycles. The number of halogens is 1. The SMILES string of the molecule is Cl.O=C(O)C(=O)C(=O)N1CCCOCC1. The molecule has 1 amide bonds. The first kappa shape index (κ1) is 13.9. The van der Waals surface area contributed by atoms with Gasteiger partial charge in [-0.25, -0.2) is 4.79 Å². The molecule has 0 bridgehead atoms. The maximum atomic E-state index is 11.2. The number of amides is 1. The molecule has 1 saturated heterocycles. The third kappa shape index (κ3) is 3.85. The molecule has 86 valence electrons. The second-order valence-corrected chi connectivity index (χ2v) is 2.89. The Morgan fingerprint density at radius 3 is 2.40 bits per heavy atom. The topological polar surface area (TPSA) is 83.9 Å². The van der Waals surface area contributed by atoms with Crippen molar-refractivity contribution in [3.05, 3.63) is 0 Å². The van der Waals surface area contributed by atoms with Crippen molar-refractivity contribution in [1.29, 1.82) is 0 Å². The van der Waals surface area contributed by atoms with Crippen LogP contribution in [0.4, 0.5) is 0 Å². The van der Waals surface area contributed by atoms with Crippen LogP contribution >= 0.6 is 12.4 Å². The van der Waals surface area contributed by atoms with Gasteiger partial charge in [0.05, 0.1) is 6.61 Å². The van der Waals surface area contributed by atoms with E-state index in [4.69, 9.17) is 9.84 Å². The molecule has 1 aliphatic rings. The van der Waals surface area contributed by atoms with E-state index in [2.05, 4.69) is 0 Å². The Hall–Kier alpha value is -1.14. The summed E-state index contributed by atoms with van der Waals surface area (Å²) in [6.45, 7) is 1.53. The lowest BCUT2D eigenvalue weighted by Crippen LogP contribution is -2.41. The zero-order chi connectivity index (χ0) is 10.6. The van der Waals surface area contributed by atoms with E-state index in [0.717, 1.165) is 0 Å². The number of hydrogen-bond acceptors (Lipinski definition) is 4. The van der Waals surface area contributed by atoms with Crippen LogP contribution in [-0.4, -0.2) is 54.0 Å². The van der Waals surface area contributed by atoms with Crippen LogP contribution in [0.1, 0.15) is 6.42 Å². The molecule has 0 atom stereocenters. The van der Waals surface area contributed by atoms with E-state index in [-0.39, 0.29) is 19.0 Å². The summed E-state index contributed by atoms with van der Waals surface area (Å²) in [6, 6.07) is 0. The van der Waals surface area contributed by atoms with Gasteiger partial charge in [-0.15, -0.1) is 12.4 Å². The Morgan fingerprint density at radius 1 is 1.13 bits per heavy atom.